The highest BCUT2D eigenvalue weighted by atomic mass is 35.5. The molecule has 1 rings (SSSR count). The first kappa shape index (κ1) is 14.4. The Kier molecular flexibility index (Phi) is 5.09. The molecule has 0 amide bonds. The Hall–Kier alpha value is -1.62. The second-order valence-corrected chi connectivity index (χ2v) is 3.98. The van der Waals surface area contributed by atoms with Crippen LogP contribution in [0.15, 0.2) is 12.1 Å². The molecule has 1 unspecified atom stereocenters. The number of benzene rings is 1. The number of esters is 1. The van der Waals surface area contributed by atoms with Crippen LogP contribution >= 0.6 is 11.6 Å². The van der Waals surface area contributed by atoms with Crippen LogP contribution in [-0.4, -0.2) is 33.3 Å². The zero-order chi connectivity index (χ0) is 13.7. The van der Waals surface area contributed by atoms with Crippen molar-refractivity contribution in [2.24, 2.45) is 0 Å². The summed E-state index contributed by atoms with van der Waals surface area (Å²) in [5.74, 6) is 0.652. The van der Waals surface area contributed by atoms with Gasteiger partial charge in [0, 0.05) is 12.1 Å². The summed E-state index contributed by atoms with van der Waals surface area (Å²) in [5, 5.41) is 3.41. The van der Waals surface area contributed by atoms with Crippen molar-refractivity contribution in [3.05, 3.63) is 17.2 Å². The van der Waals surface area contributed by atoms with E-state index in [0.29, 0.717) is 22.2 Å². The molecule has 0 aliphatic rings. The quantitative estimate of drug-likeness (QED) is 0.835. The van der Waals surface area contributed by atoms with E-state index >= 15 is 0 Å². The van der Waals surface area contributed by atoms with E-state index < -0.39 is 6.04 Å². The van der Waals surface area contributed by atoms with Gasteiger partial charge in [-0.1, -0.05) is 11.6 Å². The molecule has 0 spiro atoms. The van der Waals surface area contributed by atoms with Gasteiger partial charge in [0.2, 0.25) is 0 Å². The molecule has 0 saturated heterocycles. The SMILES string of the molecule is COC(=O)C(C)Nc1cc(OC)c(Cl)cc1OC. The summed E-state index contributed by atoms with van der Waals surface area (Å²) in [6.45, 7) is 1.69. The summed E-state index contributed by atoms with van der Waals surface area (Å²) < 4.78 is 14.9. The molecular weight excluding hydrogens is 258 g/mol. The zero-order valence-electron chi connectivity index (χ0n) is 10.7. The highest BCUT2D eigenvalue weighted by molar-refractivity contribution is 6.32. The minimum absolute atomic E-state index is 0.369. The Morgan fingerprint density at radius 3 is 2.33 bits per heavy atom. The number of nitrogens with one attached hydrogen (secondary N) is 1. The van der Waals surface area contributed by atoms with E-state index in [1.807, 2.05) is 0 Å². The molecule has 0 heterocycles. The van der Waals surface area contributed by atoms with E-state index in [0.717, 1.165) is 0 Å². The van der Waals surface area contributed by atoms with Crippen LogP contribution < -0.4 is 14.8 Å². The van der Waals surface area contributed by atoms with Crippen LogP contribution in [0.1, 0.15) is 6.92 Å². The molecule has 18 heavy (non-hydrogen) atoms. The average molecular weight is 274 g/mol. The number of anilines is 1. The minimum Gasteiger partial charge on any atom is -0.495 e. The van der Waals surface area contributed by atoms with E-state index in [9.17, 15) is 4.79 Å². The highest BCUT2D eigenvalue weighted by Gasteiger charge is 2.16. The molecule has 1 N–H and O–H groups in total. The van der Waals surface area contributed by atoms with E-state index in [1.165, 1.54) is 21.3 Å². The molecule has 1 aromatic carbocycles. The number of carbonyl (C=O) groups excluding carboxylic acids is 1. The van der Waals surface area contributed by atoms with E-state index in [2.05, 4.69) is 10.1 Å². The first-order chi connectivity index (χ1) is 8.53. The van der Waals surface area contributed by atoms with Crippen LogP contribution in [0.3, 0.4) is 0 Å². The van der Waals surface area contributed by atoms with E-state index in [-0.39, 0.29) is 5.97 Å². The summed E-state index contributed by atoms with van der Waals surface area (Å²) in [5.41, 5.74) is 0.608. The maximum Gasteiger partial charge on any atom is 0.327 e. The van der Waals surface area contributed by atoms with Crippen LogP contribution in [0.2, 0.25) is 5.02 Å². The predicted molar refractivity (Wildman–Crippen MR) is 69.7 cm³/mol. The van der Waals surface area contributed by atoms with Gasteiger partial charge in [-0.2, -0.15) is 0 Å². The summed E-state index contributed by atoms with van der Waals surface area (Å²) >= 11 is 5.98. The Morgan fingerprint density at radius 2 is 1.83 bits per heavy atom. The van der Waals surface area contributed by atoms with Crippen molar-refractivity contribution < 1.29 is 19.0 Å². The Balaban J connectivity index is 3.03. The average Bonchev–Trinajstić information content (AvgIpc) is 2.38. The van der Waals surface area contributed by atoms with Crippen molar-refractivity contribution in [1.82, 2.24) is 0 Å². The third kappa shape index (κ3) is 3.20. The number of carbonyl (C=O) groups is 1. The molecule has 0 saturated carbocycles. The molecule has 100 valence electrons. The molecule has 6 heteroatoms. The summed E-state index contributed by atoms with van der Waals surface area (Å²) in [6.07, 6.45) is 0. The van der Waals surface area contributed by atoms with E-state index in [1.54, 1.807) is 19.1 Å². The van der Waals surface area contributed by atoms with Crippen LogP contribution in [-0.2, 0) is 9.53 Å². The smallest absolute Gasteiger partial charge is 0.327 e. The minimum atomic E-state index is -0.505. The molecule has 0 aliphatic carbocycles. The number of hydrogen-bond donors (Lipinski definition) is 1. The lowest BCUT2D eigenvalue weighted by Crippen LogP contribution is -2.27. The lowest BCUT2D eigenvalue weighted by molar-refractivity contribution is -0.141. The first-order valence-electron chi connectivity index (χ1n) is 5.29. The predicted octanol–water partition coefficient (Wildman–Crippen LogP) is 2.33. The maximum absolute atomic E-state index is 11.4. The first-order valence-corrected chi connectivity index (χ1v) is 5.67. The number of ether oxygens (including phenoxy) is 3. The number of halogens is 1. The Labute approximate surface area is 111 Å². The van der Waals surface area contributed by atoms with Gasteiger partial charge in [0.15, 0.2) is 0 Å². The van der Waals surface area contributed by atoms with Crippen molar-refractivity contribution in [3.8, 4) is 11.5 Å². The fourth-order valence-electron chi connectivity index (χ4n) is 1.44. The lowest BCUT2D eigenvalue weighted by atomic mass is 10.2. The van der Waals surface area contributed by atoms with Crippen molar-refractivity contribution >= 4 is 23.3 Å². The van der Waals surface area contributed by atoms with Crippen molar-refractivity contribution in [3.63, 3.8) is 0 Å². The van der Waals surface area contributed by atoms with Gasteiger partial charge in [-0.05, 0) is 6.92 Å². The fraction of sp³-hybridized carbons (Fsp3) is 0.417. The number of methoxy groups -OCH3 is 3. The monoisotopic (exact) mass is 273 g/mol. The molecule has 1 aromatic rings. The number of hydrogen-bond acceptors (Lipinski definition) is 5. The second-order valence-electron chi connectivity index (χ2n) is 3.58. The normalized spacial score (nSPS) is 11.6. The standard InChI is InChI=1S/C12H16ClNO4/c1-7(12(15)18-4)14-9-6-10(16-2)8(13)5-11(9)17-3/h5-7,14H,1-4H3. The van der Waals surface area contributed by atoms with Gasteiger partial charge >= 0.3 is 5.97 Å². The molecule has 1 atom stereocenters. The third-order valence-corrected chi connectivity index (χ3v) is 2.70. The van der Waals surface area contributed by atoms with Gasteiger partial charge in [0.1, 0.15) is 17.5 Å². The number of rotatable bonds is 5. The van der Waals surface area contributed by atoms with Crippen molar-refractivity contribution in [2.75, 3.05) is 26.6 Å². The highest BCUT2D eigenvalue weighted by Crippen LogP contribution is 2.36. The molecular formula is C12H16ClNO4. The molecule has 0 fully saturated rings. The molecule has 0 aromatic heterocycles. The summed E-state index contributed by atoms with van der Waals surface area (Å²) in [7, 11) is 4.37. The Bertz CT molecular complexity index is 436. The molecule has 0 radical (unpaired) electrons. The molecule has 0 bridgehead atoms. The zero-order valence-corrected chi connectivity index (χ0v) is 11.5. The van der Waals surface area contributed by atoms with Crippen LogP contribution in [0.4, 0.5) is 5.69 Å². The third-order valence-electron chi connectivity index (χ3n) is 2.40. The van der Waals surface area contributed by atoms with Gasteiger partial charge in [0.25, 0.3) is 0 Å². The van der Waals surface area contributed by atoms with Crippen molar-refractivity contribution in [1.29, 1.82) is 0 Å². The molecule has 0 aliphatic heterocycles. The van der Waals surface area contributed by atoms with Gasteiger partial charge in [-0.3, -0.25) is 0 Å². The maximum atomic E-state index is 11.4. The topological polar surface area (TPSA) is 56.8 Å². The van der Waals surface area contributed by atoms with Crippen LogP contribution in [0.5, 0.6) is 11.5 Å². The van der Waals surface area contributed by atoms with Gasteiger partial charge in [0.05, 0.1) is 32.0 Å². The molecule has 5 nitrogen and oxygen atoms in total. The van der Waals surface area contributed by atoms with Crippen molar-refractivity contribution in [2.45, 2.75) is 13.0 Å². The van der Waals surface area contributed by atoms with E-state index in [4.69, 9.17) is 21.1 Å². The second kappa shape index (κ2) is 6.35. The van der Waals surface area contributed by atoms with Gasteiger partial charge < -0.3 is 19.5 Å². The van der Waals surface area contributed by atoms with Crippen LogP contribution in [0, 0.1) is 0 Å². The Morgan fingerprint density at radius 1 is 1.22 bits per heavy atom. The van der Waals surface area contributed by atoms with Gasteiger partial charge in [-0.15, -0.1) is 0 Å². The summed E-state index contributed by atoms with van der Waals surface area (Å²) in [4.78, 5) is 11.4. The van der Waals surface area contributed by atoms with Crippen LogP contribution in [0.25, 0.3) is 0 Å². The largest absolute Gasteiger partial charge is 0.495 e. The fourth-order valence-corrected chi connectivity index (χ4v) is 1.67. The van der Waals surface area contributed by atoms with Gasteiger partial charge in [-0.25, -0.2) is 4.79 Å². The summed E-state index contributed by atoms with van der Waals surface area (Å²) in [6, 6.07) is 2.78. The lowest BCUT2D eigenvalue weighted by Gasteiger charge is -2.17.